The lowest BCUT2D eigenvalue weighted by atomic mass is 10.1. The smallest absolute Gasteiger partial charge is 0.0949 e. The van der Waals surface area contributed by atoms with Gasteiger partial charge in [-0.15, -0.1) is 11.3 Å². The molecule has 1 aliphatic heterocycles. The molecule has 3 rings (SSSR count). The first-order valence-corrected chi connectivity index (χ1v) is 6.67. The number of thiazole rings is 1. The van der Waals surface area contributed by atoms with Crippen LogP contribution in [0, 0.1) is 6.92 Å². The summed E-state index contributed by atoms with van der Waals surface area (Å²) < 4.78 is 2.14. The summed E-state index contributed by atoms with van der Waals surface area (Å²) in [7, 11) is 2.08. The first-order valence-electron chi connectivity index (χ1n) is 5.85. The molecule has 0 spiro atoms. The summed E-state index contributed by atoms with van der Waals surface area (Å²) in [5, 5.41) is 1.15. The molecular formula is C12H16N4S. The van der Waals surface area contributed by atoms with Crippen molar-refractivity contribution in [2.24, 2.45) is 7.05 Å². The third-order valence-electron chi connectivity index (χ3n) is 3.23. The predicted molar refractivity (Wildman–Crippen MR) is 67.9 cm³/mol. The van der Waals surface area contributed by atoms with E-state index in [2.05, 4.69) is 33.4 Å². The summed E-state index contributed by atoms with van der Waals surface area (Å²) >= 11 is 1.79. The van der Waals surface area contributed by atoms with Crippen LogP contribution < -0.4 is 0 Å². The number of fused-ring (bicyclic) bond motifs is 1. The van der Waals surface area contributed by atoms with Crippen molar-refractivity contribution in [2.45, 2.75) is 26.4 Å². The molecule has 0 radical (unpaired) electrons. The van der Waals surface area contributed by atoms with Crippen LogP contribution >= 0.6 is 11.3 Å². The van der Waals surface area contributed by atoms with E-state index in [0.717, 1.165) is 31.1 Å². The molecule has 0 bridgehead atoms. The lowest BCUT2D eigenvalue weighted by Gasteiger charge is -2.25. The number of hydrogen-bond acceptors (Lipinski definition) is 4. The highest BCUT2D eigenvalue weighted by molar-refractivity contribution is 7.11. The van der Waals surface area contributed by atoms with Crippen molar-refractivity contribution in [3.05, 3.63) is 33.8 Å². The van der Waals surface area contributed by atoms with Crippen molar-refractivity contribution in [3.63, 3.8) is 0 Å². The summed E-state index contributed by atoms with van der Waals surface area (Å²) in [6.07, 6.45) is 5.02. The average Bonchev–Trinajstić information content (AvgIpc) is 2.87. The van der Waals surface area contributed by atoms with Crippen molar-refractivity contribution in [3.8, 4) is 0 Å². The van der Waals surface area contributed by atoms with E-state index < -0.39 is 0 Å². The second-order valence-electron chi connectivity index (χ2n) is 4.56. The summed E-state index contributed by atoms with van der Waals surface area (Å²) in [6.45, 7) is 5.14. The van der Waals surface area contributed by atoms with Crippen LogP contribution in [0.5, 0.6) is 0 Å². The maximum atomic E-state index is 4.46. The Bertz CT molecular complexity index is 528. The summed E-state index contributed by atoms with van der Waals surface area (Å²) in [5.74, 6) is 0. The summed E-state index contributed by atoms with van der Waals surface area (Å²) in [5.41, 5.74) is 2.63. The van der Waals surface area contributed by atoms with Gasteiger partial charge >= 0.3 is 0 Å². The fourth-order valence-electron chi connectivity index (χ4n) is 2.35. The molecule has 0 aromatic carbocycles. The molecule has 2 aromatic rings. The van der Waals surface area contributed by atoms with Gasteiger partial charge in [-0.1, -0.05) is 0 Å². The zero-order valence-electron chi connectivity index (χ0n) is 10.2. The molecule has 0 fully saturated rings. The Balaban J connectivity index is 1.72. The van der Waals surface area contributed by atoms with Crippen molar-refractivity contribution >= 4 is 11.3 Å². The van der Waals surface area contributed by atoms with Crippen LogP contribution in [0.15, 0.2) is 12.5 Å². The fourth-order valence-corrected chi connectivity index (χ4v) is 3.18. The molecule has 90 valence electrons. The first kappa shape index (κ1) is 10.9. The second-order valence-corrected chi connectivity index (χ2v) is 5.87. The van der Waals surface area contributed by atoms with E-state index in [0.29, 0.717) is 0 Å². The Kier molecular flexibility index (Phi) is 2.72. The zero-order chi connectivity index (χ0) is 11.8. The molecule has 0 amide bonds. The van der Waals surface area contributed by atoms with E-state index in [1.807, 2.05) is 12.5 Å². The minimum absolute atomic E-state index is 0.965. The molecule has 0 unspecified atom stereocenters. The van der Waals surface area contributed by atoms with Gasteiger partial charge in [0, 0.05) is 49.9 Å². The minimum Gasteiger partial charge on any atom is -0.337 e. The van der Waals surface area contributed by atoms with Gasteiger partial charge in [0.05, 0.1) is 17.0 Å². The Morgan fingerprint density at radius 2 is 2.29 bits per heavy atom. The van der Waals surface area contributed by atoms with Crippen molar-refractivity contribution in [1.29, 1.82) is 0 Å². The minimum atomic E-state index is 0.965. The van der Waals surface area contributed by atoms with Crippen molar-refractivity contribution in [2.75, 3.05) is 6.54 Å². The average molecular weight is 248 g/mol. The lowest BCUT2D eigenvalue weighted by Crippen LogP contribution is -2.30. The van der Waals surface area contributed by atoms with Crippen LogP contribution in [-0.4, -0.2) is 26.0 Å². The largest absolute Gasteiger partial charge is 0.337 e. The Labute approximate surface area is 105 Å². The first-order chi connectivity index (χ1) is 8.22. The maximum absolute atomic E-state index is 4.46. The van der Waals surface area contributed by atoms with Gasteiger partial charge in [-0.2, -0.15) is 0 Å². The quantitative estimate of drug-likeness (QED) is 0.812. The number of aryl methyl sites for hydroxylation is 2. The number of aromatic nitrogens is 3. The monoisotopic (exact) mass is 248 g/mol. The molecule has 0 saturated carbocycles. The predicted octanol–water partition coefficient (Wildman–Crippen LogP) is 1.74. The Hall–Kier alpha value is -1.20. The number of hydrogen-bond donors (Lipinski definition) is 0. The molecule has 3 heterocycles. The summed E-state index contributed by atoms with van der Waals surface area (Å²) in [4.78, 5) is 12.6. The molecular weight excluding hydrogens is 232 g/mol. The molecule has 4 nitrogen and oxygen atoms in total. The van der Waals surface area contributed by atoms with Crippen LogP contribution in [0.3, 0.4) is 0 Å². The van der Waals surface area contributed by atoms with Crippen LogP contribution in [0.2, 0.25) is 0 Å². The van der Waals surface area contributed by atoms with Gasteiger partial charge in [-0.05, 0) is 6.92 Å². The van der Waals surface area contributed by atoms with Gasteiger partial charge in [-0.25, -0.2) is 9.97 Å². The van der Waals surface area contributed by atoms with Gasteiger partial charge in [0.2, 0.25) is 0 Å². The van der Waals surface area contributed by atoms with E-state index in [-0.39, 0.29) is 0 Å². The van der Waals surface area contributed by atoms with Gasteiger partial charge in [0.1, 0.15) is 0 Å². The van der Waals surface area contributed by atoms with E-state index in [1.54, 1.807) is 11.3 Å². The SMILES string of the molecule is Cc1ncc(CN2CCc3c(ncn3C)C2)s1. The number of imidazole rings is 1. The third-order valence-corrected chi connectivity index (χ3v) is 4.13. The number of nitrogens with zero attached hydrogens (tertiary/aromatic N) is 4. The van der Waals surface area contributed by atoms with Gasteiger partial charge in [0.15, 0.2) is 0 Å². The number of rotatable bonds is 2. The van der Waals surface area contributed by atoms with Gasteiger partial charge < -0.3 is 4.57 Å². The molecule has 0 atom stereocenters. The topological polar surface area (TPSA) is 34.0 Å². The Morgan fingerprint density at radius 1 is 1.41 bits per heavy atom. The zero-order valence-corrected chi connectivity index (χ0v) is 11.0. The highest BCUT2D eigenvalue weighted by atomic mass is 32.1. The van der Waals surface area contributed by atoms with Crippen LogP contribution in [0.1, 0.15) is 21.3 Å². The molecule has 0 saturated heterocycles. The fraction of sp³-hybridized carbons (Fsp3) is 0.500. The van der Waals surface area contributed by atoms with Crippen molar-refractivity contribution in [1.82, 2.24) is 19.4 Å². The molecule has 0 N–H and O–H groups in total. The van der Waals surface area contributed by atoms with Gasteiger partial charge in [0.25, 0.3) is 0 Å². The van der Waals surface area contributed by atoms with E-state index in [9.17, 15) is 0 Å². The van der Waals surface area contributed by atoms with Crippen LogP contribution in [-0.2, 0) is 26.6 Å². The third kappa shape index (κ3) is 2.12. The second kappa shape index (κ2) is 4.23. The molecule has 1 aliphatic rings. The molecule has 17 heavy (non-hydrogen) atoms. The Morgan fingerprint density at radius 3 is 3.06 bits per heavy atom. The molecule has 2 aromatic heterocycles. The molecule has 0 aliphatic carbocycles. The molecule has 5 heteroatoms. The van der Waals surface area contributed by atoms with Gasteiger partial charge in [-0.3, -0.25) is 4.90 Å². The van der Waals surface area contributed by atoms with E-state index in [1.165, 1.54) is 16.3 Å². The van der Waals surface area contributed by atoms with Crippen LogP contribution in [0.25, 0.3) is 0 Å². The standard InChI is InChI=1S/C12H16N4S/c1-9-13-5-10(17-9)6-16-4-3-12-11(7-16)14-8-15(12)2/h5,8H,3-4,6-7H2,1-2H3. The van der Waals surface area contributed by atoms with Crippen molar-refractivity contribution < 1.29 is 0 Å². The lowest BCUT2D eigenvalue weighted by molar-refractivity contribution is 0.242. The highest BCUT2D eigenvalue weighted by Gasteiger charge is 2.20. The van der Waals surface area contributed by atoms with E-state index >= 15 is 0 Å². The van der Waals surface area contributed by atoms with Crippen LogP contribution in [0.4, 0.5) is 0 Å². The maximum Gasteiger partial charge on any atom is 0.0949 e. The summed E-state index contributed by atoms with van der Waals surface area (Å²) in [6, 6.07) is 0. The highest BCUT2D eigenvalue weighted by Crippen LogP contribution is 2.20. The normalized spacial score (nSPS) is 16.1. The van der Waals surface area contributed by atoms with E-state index in [4.69, 9.17) is 0 Å².